The van der Waals surface area contributed by atoms with Crippen LogP contribution < -0.4 is 14.3 Å². The summed E-state index contributed by atoms with van der Waals surface area (Å²) in [5, 5.41) is 0. The molecule has 0 unspecified atom stereocenters. The predicted molar refractivity (Wildman–Crippen MR) is 117 cm³/mol. The highest BCUT2D eigenvalue weighted by atomic mass is 32.1. The molecule has 3 rings (SSSR count). The van der Waals surface area contributed by atoms with E-state index in [1.807, 2.05) is 17.6 Å². The van der Waals surface area contributed by atoms with Gasteiger partial charge in [0.1, 0.15) is 11.5 Å². The maximum absolute atomic E-state index is 13.0. The van der Waals surface area contributed by atoms with Crippen LogP contribution in [0.3, 0.4) is 0 Å². The zero-order valence-corrected chi connectivity index (χ0v) is 18.7. The van der Waals surface area contributed by atoms with Gasteiger partial charge in [0.25, 0.3) is 5.91 Å². The smallest absolute Gasteiger partial charge is 0.337 e. The lowest BCUT2D eigenvalue weighted by atomic mass is 10.2. The molecule has 0 aliphatic rings. The Balaban J connectivity index is 2.12. The molecule has 31 heavy (non-hydrogen) atoms. The molecule has 0 bridgehead atoms. The summed E-state index contributed by atoms with van der Waals surface area (Å²) in [7, 11) is 4.36. The van der Waals surface area contributed by atoms with Crippen molar-refractivity contribution in [3.05, 3.63) is 52.3 Å². The summed E-state index contributed by atoms with van der Waals surface area (Å²) >= 11 is 1.31. The molecule has 9 heteroatoms. The number of hydrogen-bond acceptors (Lipinski definition) is 7. The fourth-order valence-electron chi connectivity index (χ4n) is 3.05. The number of fused-ring (bicyclic) bond motifs is 1. The number of carbonyl (C=O) groups is 2. The Morgan fingerprint density at radius 1 is 1.06 bits per heavy atom. The Morgan fingerprint density at radius 2 is 1.87 bits per heavy atom. The SMILES string of the molecule is CCOCCn1c(=NC(=O)c2cc(OC)ccc2OC)sc2cc(C(=O)OC)ccc21. The van der Waals surface area contributed by atoms with Gasteiger partial charge in [0.2, 0.25) is 0 Å². The van der Waals surface area contributed by atoms with Crippen molar-refractivity contribution in [1.82, 2.24) is 4.57 Å². The van der Waals surface area contributed by atoms with Gasteiger partial charge < -0.3 is 23.5 Å². The number of thiazole rings is 1. The van der Waals surface area contributed by atoms with Crippen LogP contribution in [0.5, 0.6) is 11.5 Å². The maximum Gasteiger partial charge on any atom is 0.337 e. The van der Waals surface area contributed by atoms with Crippen LogP contribution in [0.15, 0.2) is 41.4 Å². The van der Waals surface area contributed by atoms with Gasteiger partial charge in [-0.3, -0.25) is 4.79 Å². The number of benzene rings is 2. The lowest BCUT2D eigenvalue weighted by Crippen LogP contribution is -2.20. The Morgan fingerprint density at radius 3 is 2.55 bits per heavy atom. The fourth-order valence-corrected chi connectivity index (χ4v) is 4.14. The third kappa shape index (κ3) is 4.95. The topological polar surface area (TPSA) is 88.4 Å². The van der Waals surface area contributed by atoms with Gasteiger partial charge in [-0.25, -0.2) is 4.79 Å². The molecule has 3 aromatic rings. The zero-order valence-electron chi connectivity index (χ0n) is 17.8. The Bertz CT molecular complexity index is 1160. The molecule has 1 amide bonds. The first kappa shape index (κ1) is 22.5. The molecule has 0 aliphatic heterocycles. The third-order valence-electron chi connectivity index (χ3n) is 4.60. The molecule has 0 N–H and O–H groups in total. The first-order chi connectivity index (χ1) is 15.0. The zero-order chi connectivity index (χ0) is 22.4. The van der Waals surface area contributed by atoms with Gasteiger partial charge in [-0.15, -0.1) is 0 Å². The number of aromatic nitrogens is 1. The Hall–Kier alpha value is -3.17. The van der Waals surface area contributed by atoms with Gasteiger partial charge in [-0.1, -0.05) is 11.3 Å². The van der Waals surface area contributed by atoms with Crippen molar-refractivity contribution in [3.63, 3.8) is 0 Å². The minimum Gasteiger partial charge on any atom is -0.497 e. The highest BCUT2D eigenvalue weighted by Crippen LogP contribution is 2.25. The van der Waals surface area contributed by atoms with Crippen LogP contribution in [0.2, 0.25) is 0 Å². The molecule has 8 nitrogen and oxygen atoms in total. The Labute approximate surface area is 183 Å². The van der Waals surface area contributed by atoms with Crippen molar-refractivity contribution in [2.24, 2.45) is 4.99 Å². The summed E-state index contributed by atoms with van der Waals surface area (Å²) in [6, 6.07) is 10.2. The molecule has 1 aromatic heterocycles. The number of hydrogen-bond donors (Lipinski definition) is 0. The van der Waals surface area contributed by atoms with E-state index in [9.17, 15) is 9.59 Å². The molecule has 0 aliphatic carbocycles. The number of amides is 1. The molecule has 0 atom stereocenters. The summed E-state index contributed by atoms with van der Waals surface area (Å²) < 4.78 is 23.6. The number of rotatable bonds is 8. The average molecular weight is 445 g/mol. The average Bonchev–Trinajstić information content (AvgIpc) is 3.14. The second kappa shape index (κ2) is 10.2. The van der Waals surface area contributed by atoms with Gasteiger partial charge in [0, 0.05) is 13.2 Å². The minimum atomic E-state index is -0.458. The standard InChI is InChI=1S/C22H24N2O6S/c1-5-30-11-10-24-17-8-6-14(21(26)29-4)12-19(17)31-22(24)23-20(25)16-13-15(27-2)7-9-18(16)28-3/h6-9,12-13H,5,10-11H2,1-4H3. The predicted octanol–water partition coefficient (Wildman–Crippen LogP) is 3.28. The van der Waals surface area contributed by atoms with Crippen molar-refractivity contribution in [2.75, 3.05) is 34.5 Å². The van der Waals surface area contributed by atoms with Crippen LogP contribution in [0.25, 0.3) is 10.2 Å². The molecular weight excluding hydrogens is 420 g/mol. The molecule has 2 aromatic carbocycles. The van der Waals surface area contributed by atoms with E-state index >= 15 is 0 Å². The number of carbonyl (C=O) groups excluding carboxylic acids is 2. The molecule has 0 radical (unpaired) electrons. The molecule has 0 fully saturated rings. The van der Waals surface area contributed by atoms with Crippen LogP contribution in [0, 0.1) is 0 Å². The van der Waals surface area contributed by atoms with Crippen LogP contribution in [0.4, 0.5) is 0 Å². The maximum atomic E-state index is 13.0. The molecule has 0 saturated carbocycles. The first-order valence-corrected chi connectivity index (χ1v) is 10.4. The number of nitrogens with zero attached hydrogens (tertiary/aromatic N) is 2. The van der Waals surface area contributed by atoms with Gasteiger partial charge >= 0.3 is 5.97 Å². The van der Waals surface area contributed by atoms with Crippen molar-refractivity contribution in [3.8, 4) is 11.5 Å². The largest absolute Gasteiger partial charge is 0.497 e. The number of methoxy groups -OCH3 is 3. The van der Waals surface area contributed by atoms with Crippen molar-refractivity contribution < 1.29 is 28.5 Å². The van der Waals surface area contributed by atoms with E-state index in [-0.39, 0.29) is 0 Å². The van der Waals surface area contributed by atoms with E-state index in [1.165, 1.54) is 32.7 Å². The Kier molecular flexibility index (Phi) is 7.43. The van der Waals surface area contributed by atoms with Crippen molar-refractivity contribution in [1.29, 1.82) is 0 Å². The lowest BCUT2D eigenvalue weighted by molar-refractivity contribution is 0.0600. The van der Waals surface area contributed by atoms with E-state index in [2.05, 4.69) is 4.99 Å². The highest BCUT2D eigenvalue weighted by molar-refractivity contribution is 7.16. The second-order valence-corrected chi connectivity index (χ2v) is 7.40. The van der Waals surface area contributed by atoms with Gasteiger partial charge in [0.15, 0.2) is 4.80 Å². The fraction of sp³-hybridized carbons (Fsp3) is 0.318. The first-order valence-electron chi connectivity index (χ1n) is 9.62. The summed E-state index contributed by atoms with van der Waals surface area (Å²) in [6.45, 7) is 3.47. The highest BCUT2D eigenvalue weighted by Gasteiger charge is 2.16. The molecular formula is C22H24N2O6S. The van der Waals surface area contributed by atoms with Crippen LogP contribution in [-0.2, 0) is 16.0 Å². The molecule has 1 heterocycles. The number of esters is 1. The van der Waals surface area contributed by atoms with Crippen LogP contribution in [-0.4, -0.2) is 51.0 Å². The normalized spacial score (nSPS) is 11.5. The van der Waals surface area contributed by atoms with E-state index in [0.717, 1.165) is 10.2 Å². The quantitative estimate of drug-likeness (QED) is 0.391. The summed E-state index contributed by atoms with van der Waals surface area (Å²) in [6.07, 6.45) is 0. The molecule has 0 spiro atoms. The van der Waals surface area contributed by atoms with Gasteiger partial charge in [-0.2, -0.15) is 4.99 Å². The summed E-state index contributed by atoms with van der Waals surface area (Å²) in [4.78, 5) is 29.8. The van der Waals surface area contributed by atoms with E-state index < -0.39 is 11.9 Å². The van der Waals surface area contributed by atoms with E-state index in [1.54, 1.807) is 30.3 Å². The number of ether oxygens (including phenoxy) is 4. The van der Waals surface area contributed by atoms with Gasteiger partial charge in [-0.05, 0) is 43.3 Å². The van der Waals surface area contributed by atoms with E-state index in [4.69, 9.17) is 18.9 Å². The molecule has 0 saturated heterocycles. The van der Waals surface area contributed by atoms with Crippen molar-refractivity contribution in [2.45, 2.75) is 13.5 Å². The lowest BCUT2D eigenvalue weighted by Gasteiger charge is -2.08. The van der Waals surface area contributed by atoms with Crippen LogP contribution in [0.1, 0.15) is 27.6 Å². The van der Waals surface area contributed by atoms with Crippen molar-refractivity contribution >= 4 is 33.4 Å². The summed E-state index contributed by atoms with van der Waals surface area (Å²) in [5.74, 6) is 0.0552. The minimum absolute atomic E-state index is 0.297. The monoisotopic (exact) mass is 444 g/mol. The molecule has 164 valence electrons. The summed E-state index contributed by atoms with van der Waals surface area (Å²) in [5.41, 5.74) is 1.58. The third-order valence-corrected chi connectivity index (χ3v) is 5.64. The second-order valence-electron chi connectivity index (χ2n) is 6.39. The van der Waals surface area contributed by atoms with Crippen LogP contribution >= 0.6 is 11.3 Å². The van der Waals surface area contributed by atoms with E-state index in [0.29, 0.717) is 47.2 Å². The van der Waals surface area contributed by atoms with Gasteiger partial charge in [0.05, 0.1) is 49.3 Å².